The van der Waals surface area contributed by atoms with Crippen LogP contribution in [0.3, 0.4) is 0 Å². The zero-order chi connectivity index (χ0) is 28.5. The smallest absolute Gasteiger partial charge is 0.406 e. The van der Waals surface area contributed by atoms with Crippen LogP contribution in [-0.2, 0) is 10.0 Å². The van der Waals surface area contributed by atoms with Gasteiger partial charge in [-0.2, -0.15) is 0 Å². The lowest BCUT2D eigenvalue weighted by Crippen LogP contribution is -2.48. The van der Waals surface area contributed by atoms with Gasteiger partial charge in [-0.15, -0.1) is 13.2 Å². The number of sulfonamides is 1. The molecule has 1 fully saturated rings. The van der Waals surface area contributed by atoms with Crippen molar-refractivity contribution in [2.75, 3.05) is 42.4 Å². The fourth-order valence-electron chi connectivity index (χ4n) is 4.61. The van der Waals surface area contributed by atoms with Gasteiger partial charge in [0.2, 0.25) is 0 Å². The van der Waals surface area contributed by atoms with Gasteiger partial charge in [0, 0.05) is 62.1 Å². The van der Waals surface area contributed by atoms with Crippen LogP contribution in [0.15, 0.2) is 90.0 Å². The number of rotatable bonds is 6. The highest BCUT2D eigenvalue weighted by Crippen LogP contribution is 2.29. The van der Waals surface area contributed by atoms with Gasteiger partial charge in [-0.3, -0.25) is 14.1 Å². The molecule has 12 heteroatoms. The van der Waals surface area contributed by atoms with Crippen LogP contribution in [0, 0.1) is 0 Å². The zero-order valence-electron chi connectivity index (χ0n) is 21.4. The number of para-hydroxylation sites is 1. The van der Waals surface area contributed by atoms with Crippen LogP contribution >= 0.6 is 0 Å². The number of carbonyl (C=O) groups is 1. The molecule has 0 saturated carbocycles. The number of aromatic nitrogens is 1. The van der Waals surface area contributed by atoms with E-state index in [1.165, 1.54) is 31.3 Å². The SMILES string of the molecule is CN(c1ccc(C(=O)N2CCN(c3cccc(OC(F)(F)F)c3)CC2)cc1)S(=O)(=O)c1cccc2cccnc12. The monoisotopic (exact) mass is 570 g/mol. The third kappa shape index (κ3) is 5.67. The first kappa shape index (κ1) is 27.3. The maximum absolute atomic E-state index is 13.4. The molecule has 8 nitrogen and oxygen atoms in total. The van der Waals surface area contributed by atoms with Crippen molar-refractivity contribution in [1.82, 2.24) is 9.88 Å². The number of ether oxygens (including phenoxy) is 1. The van der Waals surface area contributed by atoms with Gasteiger partial charge in [0.1, 0.15) is 10.6 Å². The largest absolute Gasteiger partial charge is 0.573 e. The van der Waals surface area contributed by atoms with Crippen LogP contribution in [0.4, 0.5) is 24.5 Å². The van der Waals surface area contributed by atoms with E-state index in [1.54, 1.807) is 65.7 Å². The van der Waals surface area contributed by atoms with E-state index in [1.807, 2.05) is 4.90 Å². The molecule has 1 aliphatic heterocycles. The maximum Gasteiger partial charge on any atom is 0.573 e. The van der Waals surface area contributed by atoms with E-state index in [9.17, 15) is 26.4 Å². The van der Waals surface area contributed by atoms with Crippen LogP contribution in [0.1, 0.15) is 10.4 Å². The Morgan fingerprint density at radius 1 is 0.925 bits per heavy atom. The molecule has 0 unspecified atom stereocenters. The van der Waals surface area contributed by atoms with Crippen molar-refractivity contribution in [3.05, 3.63) is 90.6 Å². The number of carbonyl (C=O) groups excluding carboxylic acids is 1. The van der Waals surface area contributed by atoms with Gasteiger partial charge in [0.05, 0.1) is 11.2 Å². The second kappa shape index (κ2) is 10.7. The normalized spacial score (nSPS) is 14.3. The highest BCUT2D eigenvalue weighted by atomic mass is 32.2. The lowest BCUT2D eigenvalue weighted by molar-refractivity contribution is -0.274. The summed E-state index contributed by atoms with van der Waals surface area (Å²) in [5, 5.41) is 0.709. The van der Waals surface area contributed by atoms with Crippen LogP contribution in [0.25, 0.3) is 10.9 Å². The Labute approximate surface area is 229 Å². The third-order valence-electron chi connectivity index (χ3n) is 6.70. The Morgan fingerprint density at radius 3 is 2.30 bits per heavy atom. The first-order chi connectivity index (χ1) is 19.0. The summed E-state index contributed by atoms with van der Waals surface area (Å²) >= 11 is 0. The maximum atomic E-state index is 13.4. The molecular weight excluding hydrogens is 545 g/mol. The van der Waals surface area contributed by atoms with Gasteiger partial charge >= 0.3 is 6.36 Å². The van der Waals surface area contributed by atoms with E-state index in [-0.39, 0.29) is 16.6 Å². The van der Waals surface area contributed by atoms with Gasteiger partial charge in [-0.1, -0.05) is 24.3 Å². The number of pyridine rings is 1. The standard InChI is InChI=1S/C28H25F3N4O4S/c1-33(40(37,38)25-9-2-5-20-6-4-14-32-26(20)25)22-12-10-21(11-13-22)27(36)35-17-15-34(16-18-35)23-7-3-8-24(19-23)39-28(29,30)31/h2-14,19H,15-18H2,1H3. The van der Waals surface area contributed by atoms with E-state index in [4.69, 9.17) is 0 Å². The summed E-state index contributed by atoms with van der Waals surface area (Å²) in [6.07, 6.45) is -3.23. The molecule has 208 valence electrons. The zero-order valence-corrected chi connectivity index (χ0v) is 22.2. The number of alkyl halides is 3. The van der Waals surface area contributed by atoms with Gasteiger partial charge < -0.3 is 14.5 Å². The number of anilines is 2. The topological polar surface area (TPSA) is 83.1 Å². The fraction of sp³-hybridized carbons (Fsp3) is 0.214. The minimum atomic E-state index is -4.77. The molecule has 1 amide bonds. The second-order valence-electron chi connectivity index (χ2n) is 9.18. The van der Waals surface area contributed by atoms with Gasteiger partial charge in [-0.25, -0.2) is 8.42 Å². The molecule has 1 saturated heterocycles. The Morgan fingerprint density at radius 2 is 1.60 bits per heavy atom. The molecular formula is C28H25F3N4O4S. The van der Waals surface area contributed by atoms with E-state index < -0.39 is 16.4 Å². The lowest BCUT2D eigenvalue weighted by atomic mass is 10.1. The Balaban J connectivity index is 1.25. The molecule has 0 N–H and O–H groups in total. The van der Waals surface area contributed by atoms with E-state index in [0.717, 1.165) is 4.31 Å². The molecule has 40 heavy (non-hydrogen) atoms. The number of hydrogen-bond donors (Lipinski definition) is 0. The highest BCUT2D eigenvalue weighted by molar-refractivity contribution is 7.93. The van der Waals surface area contributed by atoms with E-state index in [0.29, 0.717) is 54.0 Å². The predicted octanol–water partition coefficient (Wildman–Crippen LogP) is 4.92. The minimum absolute atomic E-state index is 0.0848. The predicted molar refractivity (Wildman–Crippen MR) is 145 cm³/mol. The summed E-state index contributed by atoms with van der Waals surface area (Å²) in [6.45, 7) is 1.60. The molecule has 1 aliphatic rings. The minimum Gasteiger partial charge on any atom is -0.406 e. The number of benzene rings is 3. The summed E-state index contributed by atoms with van der Waals surface area (Å²) in [7, 11) is -2.47. The molecule has 0 aliphatic carbocycles. The van der Waals surface area contributed by atoms with Crippen molar-refractivity contribution in [1.29, 1.82) is 0 Å². The van der Waals surface area contributed by atoms with Crippen molar-refractivity contribution in [3.8, 4) is 5.75 Å². The fourth-order valence-corrected chi connectivity index (χ4v) is 5.97. The molecule has 0 radical (unpaired) electrons. The first-order valence-corrected chi connectivity index (χ1v) is 13.8. The second-order valence-corrected chi connectivity index (χ2v) is 11.1. The highest BCUT2D eigenvalue weighted by Gasteiger charge is 2.31. The summed E-state index contributed by atoms with van der Waals surface area (Å²) in [4.78, 5) is 21.0. The Kier molecular flexibility index (Phi) is 7.28. The molecule has 3 aromatic carbocycles. The average Bonchev–Trinajstić information content (AvgIpc) is 2.95. The van der Waals surface area contributed by atoms with Crippen LogP contribution in [0.5, 0.6) is 5.75 Å². The molecule has 2 heterocycles. The van der Waals surface area contributed by atoms with Crippen LogP contribution in [0.2, 0.25) is 0 Å². The van der Waals surface area contributed by atoms with E-state index >= 15 is 0 Å². The number of halogens is 3. The lowest BCUT2D eigenvalue weighted by Gasteiger charge is -2.36. The molecule has 0 bridgehead atoms. The van der Waals surface area contributed by atoms with E-state index in [2.05, 4.69) is 9.72 Å². The molecule has 5 rings (SSSR count). The molecule has 4 aromatic rings. The van der Waals surface area contributed by atoms with Crippen molar-refractivity contribution >= 4 is 38.2 Å². The summed E-state index contributed by atoms with van der Waals surface area (Å²) in [5.41, 5.74) is 1.73. The van der Waals surface area contributed by atoms with Crippen LogP contribution < -0.4 is 13.9 Å². The molecule has 0 spiro atoms. The molecule has 0 atom stereocenters. The number of hydrogen-bond acceptors (Lipinski definition) is 6. The van der Waals surface area contributed by atoms with Crippen molar-refractivity contribution in [2.24, 2.45) is 0 Å². The summed E-state index contributed by atoms with van der Waals surface area (Å²) < 4.78 is 69.6. The quantitative estimate of drug-likeness (QED) is 0.327. The first-order valence-electron chi connectivity index (χ1n) is 12.4. The van der Waals surface area contributed by atoms with Gasteiger partial charge in [0.15, 0.2) is 0 Å². The van der Waals surface area contributed by atoms with Gasteiger partial charge in [-0.05, 0) is 48.5 Å². The summed E-state index contributed by atoms with van der Waals surface area (Å²) in [6, 6.07) is 20.6. The van der Waals surface area contributed by atoms with Crippen molar-refractivity contribution in [2.45, 2.75) is 11.3 Å². The van der Waals surface area contributed by atoms with Crippen LogP contribution in [-0.4, -0.2) is 63.8 Å². The Hall–Kier alpha value is -4.32. The van der Waals surface area contributed by atoms with Gasteiger partial charge in [0.25, 0.3) is 15.9 Å². The molecule has 1 aromatic heterocycles. The average molecular weight is 571 g/mol. The number of nitrogens with zero attached hydrogens (tertiary/aromatic N) is 4. The number of amides is 1. The number of piperazine rings is 1. The Bertz CT molecular complexity index is 1630. The third-order valence-corrected chi connectivity index (χ3v) is 8.51. The summed E-state index contributed by atoms with van der Waals surface area (Å²) in [5.74, 6) is -0.517. The van der Waals surface area contributed by atoms with Crippen molar-refractivity contribution < 1.29 is 31.1 Å². The van der Waals surface area contributed by atoms with Crippen molar-refractivity contribution in [3.63, 3.8) is 0 Å². The number of fused-ring (bicyclic) bond motifs is 1.